The Morgan fingerprint density at radius 3 is 2.65 bits per heavy atom. The molecule has 0 fully saturated rings. The van der Waals surface area contributed by atoms with Crippen molar-refractivity contribution in [2.24, 2.45) is 0 Å². The number of alkyl halides is 3. The normalized spacial score (nSPS) is 11.4. The number of rotatable bonds is 3. The van der Waals surface area contributed by atoms with Crippen molar-refractivity contribution in [3.8, 4) is 0 Å². The van der Waals surface area contributed by atoms with Gasteiger partial charge in [-0.1, -0.05) is 6.07 Å². The molecule has 0 saturated carbocycles. The third-order valence-corrected chi connectivity index (χ3v) is 2.83. The fourth-order valence-corrected chi connectivity index (χ4v) is 1.85. The van der Waals surface area contributed by atoms with E-state index in [1.54, 1.807) is 12.1 Å². The Labute approximate surface area is 135 Å². The largest absolute Gasteiger partial charge is 0.465 e. The van der Waals surface area contributed by atoms with Crippen molar-refractivity contribution in [2.45, 2.75) is 6.18 Å². The minimum absolute atomic E-state index is 0.113. The lowest BCUT2D eigenvalue weighted by atomic mass is 10.2. The van der Waals surface area contributed by atoms with Gasteiger partial charge in [0.15, 0.2) is 5.11 Å². The maximum Gasteiger partial charge on any atom is 0.416 e. The van der Waals surface area contributed by atoms with Gasteiger partial charge in [-0.2, -0.15) is 13.2 Å². The number of benzene rings is 1. The fraction of sp³-hybridized carbons (Fsp3) is 0.0667. The standard InChI is InChI=1S/C15H11F3N2O2S/c16-15(17,18)10-3-1-4-11(9-10)19-14(23)20-13(21)7-6-12-5-2-8-22-12/h1-9H,(H2,19,20,21,23). The Hall–Kier alpha value is -2.61. The van der Waals surface area contributed by atoms with E-state index >= 15 is 0 Å². The molecule has 0 saturated heterocycles. The zero-order valence-corrected chi connectivity index (χ0v) is 12.4. The summed E-state index contributed by atoms with van der Waals surface area (Å²) in [7, 11) is 0. The molecule has 0 unspecified atom stereocenters. The van der Waals surface area contributed by atoms with Gasteiger partial charge in [-0.3, -0.25) is 10.1 Å². The predicted molar refractivity (Wildman–Crippen MR) is 83.5 cm³/mol. The van der Waals surface area contributed by atoms with E-state index in [-0.39, 0.29) is 10.8 Å². The smallest absolute Gasteiger partial charge is 0.416 e. The quantitative estimate of drug-likeness (QED) is 0.659. The van der Waals surface area contributed by atoms with Crippen molar-refractivity contribution in [3.63, 3.8) is 0 Å². The number of carbonyl (C=O) groups excluding carboxylic acids is 1. The summed E-state index contributed by atoms with van der Waals surface area (Å²) in [5.41, 5.74) is -0.686. The summed E-state index contributed by atoms with van der Waals surface area (Å²) < 4.78 is 42.8. The molecule has 2 aromatic rings. The minimum Gasteiger partial charge on any atom is -0.465 e. The number of nitrogens with one attached hydrogen (secondary N) is 2. The molecule has 0 bridgehead atoms. The maximum absolute atomic E-state index is 12.6. The van der Waals surface area contributed by atoms with E-state index in [1.807, 2.05) is 0 Å². The van der Waals surface area contributed by atoms with Crippen molar-refractivity contribution in [1.29, 1.82) is 0 Å². The van der Waals surface area contributed by atoms with E-state index in [9.17, 15) is 18.0 Å². The van der Waals surface area contributed by atoms with Crippen LogP contribution in [0.5, 0.6) is 0 Å². The zero-order chi connectivity index (χ0) is 16.9. The first kappa shape index (κ1) is 16.8. The molecule has 0 aliphatic carbocycles. The van der Waals surface area contributed by atoms with Crippen LogP contribution in [-0.4, -0.2) is 11.0 Å². The van der Waals surface area contributed by atoms with Crippen LogP contribution in [0.15, 0.2) is 53.2 Å². The van der Waals surface area contributed by atoms with Crippen molar-refractivity contribution in [2.75, 3.05) is 5.32 Å². The highest BCUT2D eigenvalue weighted by molar-refractivity contribution is 7.80. The average Bonchev–Trinajstić information content (AvgIpc) is 2.97. The molecule has 8 heteroatoms. The Kier molecular flexibility index (Phi) is 5.17. The Morgan fingerprint density at radius 2 is 2.00 bits per heavy atom. The number of anilines is 1. The van der Waals surface area contributed by atoms with Crippen LogP contribution in [0.25, 0.3) is 6.08 Å². The molecule has 1 aromatic heterocycles. The van der Waals surface area contributed by atoms with Crippen LogP contribution >= 0.6 is 12.2 Å². The van der Waals surface area contributed by atoms with E-state index in [1.165, 1.54) is 30.5 Å². The third-order valence-electron chi connectivity index (χ3n) is 2.63. The van der Waals surface area contributed by atoms with Crippen LogP contribution in [-0.2, 0) is 11.0 Å². The SMILES string of the molecule is O=C(C=Cc1ccco1)NC(=S)Nc1cccc(C(F)(F)F)c1. The lowest BCUT2D eigenvalue weighted by Crippen LogP contribution is -2.32. The van der Waals surface area contributed by atoms with Crippen LogP contribution in [0.2, 0.25) is 0 Å². The van der Waals surface area contributed by atoms with E-state index in [2.05, 4.69) is 10.6 Å². The summed E-state index contributed by atoms with van der Waals surface area (Å²) in [5.74, 6) is -0.0530. The monoisotopic (exact) mass is 340 g/mol. The molecule has 0 atom stereocenters. The zero-order valence-electron chi connectivity index (χ0n) is 11.6. The van der Waals surface area contributed by atoms with Gasteiger partial charge in [0.2, 0.25) is 5.91 Å². The first-order valence-electron chi connectivity index (χ1n) is 6.35. The molecule has 0 aliphatic heterocycles. The molecule has 0 aliphatic rings. The van der Waals surface area contributed by atoms with Crippen LogP contribution in [0.1, 0.15) is 11.3 Å². The lowest BCUT2D eigenvalue weighted by Gasteiger charge is -2.11. The van der Waals surface area contributed by atoms with Crippen molar-refractivity contribution in [3.05, 3.63) is 60.1 Å². The molecule has 0 spiro atoms. The highest BCUT2D eigenvalue weighted by Crippen LogP contribution is 2.30. The topological polar surface area (TPSA) is 54.3 Å². The van der Waals surface area contributed by atoms with Gasteiger partial charge in [-0.05, 0) is 48.6 Å². The molecule has 23 heavy (non-hydrogen) atoms. The van der Waals surface area contributed by atoms with E-state index in [4.69, 9.17) is 16.6 Å². The van der Waals surface area contributed by atoms with Gasteiger partial charge in [-0.25, -0.2) is 0 Å². The van der Waals surface area contributed by atoms with Crippen LogP contribution in [0, 0.1) is 0 Å². The number of thiocarbonyl (C=S) groups is 1. The van der Waals surface area contributed by atoms with E-state index in [0.717, 1.165) is 12.1 Å². The van der Waals surface area contributed by atoms with Gasteiger partial charge in [0.05, 0.1) is 11.8 Å². The predicted octanol–water partition coefficient (Wildman–Crippen LogP) is 3.82. The Bertz CT molecular complexity index is 725. The summed E-state index contributed by atoms with van der Waals surface area (Å²) in [6.45, 7) is 0. The number of furan rings is 1. The van der Waals surface area contributed by atoms with Crippen molar-refractivity contribution < 1.29 is 22.4 Å². The molecule has 1 aromatic carbocycles. The molecule has 1 heterocycles. The van der Waals surface area contributed by atoms with Crippen LogP contribution < -0.4 is 10.6 Å². The number of carbonyl (C=O) groups is 1. The van der Waals surface area contributed by atoms with Crippen LogP contribution in [0.4, 0.5) is 18.9 Å². The molecule has 2 rings (SSSR count). The molecular formula is C15H11F3N2O2S. The van der Waals surface area contributed by atoms with Crippen molar-refractivity contribution >= 4 is 35.0 Å². The number of hydrogen-bond donors (Lipinski definition) is 2. The van der Waals surface area contributed by atoms with E-state index in [0.29, 0.717) is 5.76 Å². The number of halogens is 3. The average molecular weight is 340 g/mol. The van der Waals surface area contributed by atoms with Gasteiger partial charge in [-0.15, -0.1) is 0 Å². The van der Waals surface area contributed by atoms with E-state index < -0.39 is 17.6 Å². The fourth-order valence-electron chi connectivity index (χ4n) is 1.63. The first-order chi connectivity index (χ1) is 10.8. The van der Waals surface area contributed by atoms with Gasteiger partial charge in [0.1, 0.15) is 5.76 Å². The Balaban J connectivity index is 1.93. The number of hydrogen-bond acceptors (Lipinski definition) is 3. The highest BCUT2D eigenvalue weighted by atomic mass is 32.1. The molecule has 0 radical (unpaired) electrons. The summed E-state index contributed by atoms with van der Waals surface area (Å²) in [4.78, 5) is 11.6. The highest BCUT2D eigenvalue weighted by Gasteiger charge is 2.30. The van der Waals surface area contributed by atoms with Crippen LogP contribution in [0.3, 0.4) is 0 Å². The van der Waals surface area contributed by atoms with Gasteiger partial charge in [0, 0.05) is 11.8 Å². The molecule has 120 valence electrons. The van der Waals surface area contributed by atoms with Gasteiger partial charge < -0.3 is 9.73 Å². The molecule has 2 N–H and O–H groups in total. The number of amides is 1. The second kappa shape index (κ2) is 7.10. The van der Waals surface area contributed by atoms with Crippen molar-refractivity contribution in [1.82, 2.24) is 5.32 Å². The second-order valence-electron chi connectivity index (χ2n) is 4.37. The third kappa shape index (κ3) is 5.26. The summed E-state index contributed by atoms with van der Waals surface area (Å²) in [6.07, 6.45) is -0.368. The maximum atomic E-state index is 12.6. The summed E-state index contributed by atoms with van der Waals surface area (Å²) in [6, 6.07) is 7.81. The first-order valence-corrected chi connectivity index (χ1v) is 6.76. The van der Waals surface area contributed by atoms with Gasteiger partial charge in [0.25, 0.3) is 0 Å². The molecule has 1 amide bonds. The molecule has 4 nitrogen and oxygen atoms in total. The summed E-state index contributed by atoms with van der Waals surface area (Å²) in [5, 5.41) is 4.73. The summed E-state index contributed by atoms with van der Waals surface area (Å²) >= 11 is 4.88. The molecular weight excluding hydrogens is 329 g/mol. The lowest BCUT2D eigenvalue weighted by molar-refractivity contribution is -0.137. The Morgan fingerprint density at radius 1 is 1.22 bits per heavy atom. The minimum atomic E-state index is -4.45. The second-order valence-corrected chi connectivity index (χ2v) is 4.78. The van der Waals surface area contributed by atoms with Gasteiger partial charge >= 0.3 is 6.18 Å².